The van der Waals surface area contributed by atoms with Crippen molar-refractivity contribution < 1.29 is 23.4 Å². The normalized spacial score (nSPS) is 19.9. The average molecular weight is 543 g/mol. The molecule has 8 nitrogen and oxygen atoms in total. The number of alkyl halides is 2. The van der Waals surface area contributed by atoms with Crippen LogP contribution in [-0.4, -0.2) is 65.5 Å². The number of ether oxygens (including phenoxy) is 1. The zero-order valence-electron chi connectivity index (χ0n) is 20.9. The molecule has 38 heavy (non-hydrogen) atoms. The van der Waals surface area contributed by atoms with Crippen molar-refractivity contribution in [2.24, 2.45) is 4.99 Å². The van der Waals surface area contributed by atoms with Crippen LogP contribution >= 0.6 is 11.6 Å². The lowest BCUT2D eigenvalue weighted by molar-refractivity contribution is -0.212. The van der Waals surface area contributed by atoms with Gasteiger partial charge in [0.2, 0.25) is 11.9 Å². The van der Waals surface area contributed by atoms with Gasteiger partial charge in [-0.25, -0.2) is 18.8 Å². The molecule has 0 saturated carbocycles. The van der Waals surface area contributed by atoms with Crippen molar-refractivity contribution in [3.63, 3.8) is 0 Å². The number of halogens is 3. The Bertz CT molecular complexity index is 1410. The molecule has 2 aliphatic heterocycles. The average Bonchev–Trinajstić information content (AvgIpc) is 3.01. The van der Waals surface area contributed by atoms with Crippen LogP contribution < -0.4 is 14.7 Å². The van der Waals surface area contributed by atoms with Gasteiger partial charge in [0.15, 0.2) is 6.61 Å². The second-order valence-corrected chi connectivity index (χ2v) is 9.99. The number of hydrogen-bond donors (Lipinski definition) is 0. The van der Waals surface area contributed by atoms with Gasteiger partial charge in [0.1, 0.15) is 11.4 Å². The fourth-order valence-corrected chi connectivity index (χ4v) is 5.54. The maximum Gasteiger partial charge on any atom is 0.298 e. The Morgan fingerprint density at radius 3 is 2.82 bits per heavy atom. The number of hydrogen-bond acceptors (Lipinski definition) is 6. The van der Waals surface area contributed by atoms with Gasteiger partial charge >= 0.3 is 0 Å². The molecule has 0 radical (unpaired) electrons. The SMILES string of the molecule is C=CC(=O)N1CCCC[C@@H](n2c(N=C([O-])c3ccccc3)nc3cc4c(c(Cl)c32)N(C)CC(F)(F)CO4)C1. The molecule has 0 aliphatic carbocycles. The minimum absolute atomic E-state index is 0.127. The molecule has 11 heteroatoms. The van der Waals surface area contributed by atoms with Crippen molar-refractivity contribution in [2.45, 2.75) is 31.2 Å². The van der Waals surface area contributed by atoms with Crippen LogP contribution in [0.2, 0.25) is 5.02 Å². The van der Waals surface area contributed by atoms with Crippen LogP contribution in [0, 0.1) is 0 Å². The number of rotatable bonds is 4. The standard InChI is InChI=1S/C27H28ClF2N5O3/c1-3-21(36)34-12-8-7-11-18(14-34)35-23-19(31-26(35)32-25(37)17-9-5-4-6-10-17)13-20-24(22(23)28)33(2)15-27(29,30)16-38-20/h3-6,9-10,13,18H,1,7-8,11-12,14-16H2,2H3,(H,31,32,37)/p-1/t18-/m1/s1. The third-order valence-electron chi connectivity index (χ3n) is 6.85. The lowest BCUT2D eigenvalue weighted by atomic mass is 10.1. The number of benzene rings is 2. The van der Waals surface area contributed by atoms with E-state index in [1.807, 2.05) is 0 Å². The number of carbonyl (C=O) groups excluding carboxylic acids is 1. The number of amides is 1. The molecule has 5 rings (SSSR count). The lowest BCUT2D eigenvalue weighted by Gasteiger charge is -2.27. The van der Waals surface area contributed by atoms with E-state index in [1.54, 1.807) is 45.9 Å². The van der Waals surface area contributed by atoms with Crippen LogP contribution in [0.1, 0.15) is 30.9 Å². The quantitative estimate of drug-likeness (QED) is 0.278. The largest absolute Gasteiger partial charge is 0.858 e. The van der Waals surface area contributed by atoms with Gasteiger partial charge in [-0.2, -0.15) is 0 Å². The molecule has 0 spiro atoms. The number of aromatic nitrogens is 2. The molecule has 2 aromatic carbocycles. The summed E-state index contributed by atoms with van der Waals surface area (Å²) < 4.78 is 35.8. The van der Waals surface area contributed by atoms with E-state index in [1.165, 1.54) is 18.0 Å². The molecule has 1 saturated heterocycles. The minimum Gasteiger partial charge on any atom is -0.858 e. The first kappa shape index (κ1) is 26.0. The maximum absolute atomic E-state index is 14.3. The van der Waals surface area contributed by atoms with Crippen LogP contribution in [0.25, 0.3) is 11.0 Å². The van der Waals surface area contributed by atoms with Crippen LogP contribution in [0.3, 0.4) is 0 Å². The highest BCUT2D eigenvalue weighted by Gasteiger charge is 2.38. The summed E-state index contributed by atoms with van der Waals surface area (Å²) in [5.74, 6) is -3.45. The first-order chi connectivity index (χ1) is 18.2. The minimum atomic E-state index is -3.07. The molecular weight excluding hydrogens is 516 g/mol. The number of imidazole rings is 1. The zero-order valence-corrected chi connectivity index (χ0v) is 21.6. The molecule has 3 aromatic rings. The van der Waals surface area contributed by atoms with Crippen LogP contribution in [-0.2, 0) is 4.79 Å². The van der Waals surface area contributed by atoms with Crippen molar-refractivity contribution in [1.29, 1.82) is 0 Å². The van der Waals surface area contributed by atoms with Crippen molar-refractivity contribution >= 4 is 46.1 Å². The molecule has 0 bridgehead atoms. The number of aliphatic imine (C=N–C) groups is 1. The van der Waals surface area contributed by atoms with E-state index < -0.39 is 25.0 Å². The van der Waals surface area contributed by atoms with Crippen molar-refractivity contribution in [2.75, 3.05) is 38.2 Å². The number of fused-ring (bicyclic) bond motifs is 2. The van der Waals surface area contributed by atoms with Gasteiger partial charge in [-0.05, 0) is 36.8 Å². The molecule has 0 unspecified atom stereocenters. The predicted octanol–water partition coefficient (Wildman–Crippen LogP) is 4.33. The van der Waals surface area contributed by atoms with Crippen molar-refractivity contribution in [3.8, 4) is 5.75 Å². The highest BCUT2D eigenvalue weighted by Crippen LogP contribution is 2.46. The predicted molar refractivity (Wildman–Crippen MR) is 141 cm³/mol. The van der Waals surface area contributed by atoms with E-state index in [-0.39, 0.29) is 28.7 Å². The van der Waals surface area contributed by atoms with Gasteiger partial charge in [0.25, 0.3) is 5.92 Å². The molecule has 1 atom stereocenters. The zero-order chi connectivity index (χ0) is 27.0. The Kier molecular flexibility index (Phi) is 7.00. The van der Waals surface area contributed by atoms with Crippen LogP contribution in [0.4, 0.5) is 20.4 Å². The Morgan fingerprint density at radius 1 is 1.32 bits per heavy atom. The van der Waals surface area contributed by atoms with Gasteiger partial charge in [0.05, 0.1) is 28.6 Å². The second kappa shape index (κ2) is 10.2. The highest BCUT2D eigenvalue weighted by molar-refractivity contribution is 6.38. The third-order valence-corrected chi connectivity index (χ3v) is 7.20. The molecule has 2 aliphatic rings. The Balaban J connectivity index is 1.71. The number of carbonyl (C=O) groups is 1. The molecule has 3 heterocycles. The van der Waals surface area contributed by atoms with Crippen LogP contribution in [0.15, 0.2) is 54.0 Å². The lowest BCUT2D eigenvalue weighted by Crippen LogP contribution is -2.36. The van der Waals surface area contributed by atoms with E-state index in [2.05, 4.69) is 16.6 Å². The van der Waals surface area contributed by atoms with Crippen molar-refractivity contribution in [1.82, 2.24) is 14.5 Å². The first-order valence-corrected chi connectivity index (χ1v) is 12.7. The summed E-state index contributed by atoms with van der Waals surface area (Å²) in [6.07, 6.45) is 3.56. The monoisotopic (exact) mass is 542 g/mol. The molecule has 0 N–H and O–H groups in total. The topological polar surface area (TPSA) is 86.0 Å². The van der Waals surface area contributed by atoms with E-state index >= 15 is 0 Å². The fourth-order valence-electron chi connectivity index (χ4n) is 5.11. The summed E-state index contributed by atoms with van der Waals surface area (Å²) in [4.78, 5) is 24.6. The summed E-state index contributed by atoms with van der Waals surface area (Å²) in [6.45, 7) is 3.14. The van der Waals surface area contributed by atoms with E-state index in [0.29, 0.717) is 41.8 Å². The van der Waals surface area contributed by atoms with Crippen LogP contribution in [0.5, 0.6) is 5.75 Å². The number of likely N-dealkylation sites (tertiary alicyclic amines) is 1. The van der Waals surface area contributed by atoms with Gasteiger partial charge in [0, 0.05) is 26.2 Å². The Hall–Kier alpha value is -3.66. The maximum atomic E-state index is 14.3. The second-order valence-electron chi connectivity index (χ2n) is 9.61. The van der Waals surface area contributed by atoms with E-state index in [0.717, 1.165) is 12.8 Å². The number of nitrogens with zero attached hydrogens (tertiary/aromatic N) is 5. The van der Waals surface area contributed by atoms with Gasteiger partial charge in [-0.3, -0.25) is 4.79 Å². The van der Waals surface area contributed by atoms with Gasteiger partial charge in [-0.1, -0.05) is 48.5 Å². The molecule has 1 fully saturated rings. The van der Waals surface area contributed by atoms with E-state index in [4.69, 9.17) is 16.3 Å². The summed E-state index contributed by atoms with van der Waals surface area (Å²) in [5.41, 5.74) is 1.51. The van der Waals surface area contributed by atoms with E-state index in [9.17, 15) is 18.7 Å². The smallest absolute Gasteiger partial charge is 0.298 e. The third kappa shape index (κ3) is 4.92. The summed E-state index contributed by atoms with van der Waals surface area (Å²) >= 11 is 6.93. The van der Waals surface area contributed by atoms with Gasteiger partial charge in [-0.15, -0.1) is 0 Å². The molecule has 1 amide bonds. The molecule has 1 aromatic heterocycles. The molecule has 200 valence electrons. The first-order valence-electron chi connectivity index (χ1n) is 12.4. The summed E-state index contributed by atoms with van der Waals surface area (Å²) in [7, 11) is 1.53. The van der Waals surface area contributed by atoms with Crippen molar-refractivity contribution in [3.05, 3.63) is 59.6 Å². The summed E-state index contributed by atoms with van der Waals surface area (Å²) in [6, 6.07) is 9.85. The highest BCUT2D eigenvalue weighted by atomic mass is 35.5. The fraction of sp³-hybridized carbons (Fsp3) is 0.370. The molecular formula is C27H27ClF2N5O3-. The Labute approximate surface area is 223 Å². The Morgan fingerprint density at radius 2 is 2.08 bits per heavy atom. The summed E-state index contributed by atoms with van der Waals surface area (Å²) in [5, 5.41) is 13.2. The number of anilines is 1. The van der Waals surface area contributed by atoms with Gasteiger partial charge < -0.3 is 24.2 Å².